The Hall–Kier alpha value is -1.61. The van der Waals surface area contributed by atoms with Crippen molar-refractivity contribution < 1.29 is 10.2 Å². The lowest BCUT2D eigenvalue weighted by molar-refractivity contribution is 0.464. The molecular weight excluding hydrogens is 280 g/mol. The van der Waals surface area contributed by atoms with Crippen LogP contribution >= 0.6 is 11.8 Å². The van der Waals surface area contributed by atoms with Gasteiger partial charge in [0, 0.05) is 9.79 Å². The van der Waals surface area contributed by atoms with Crippen LogP contribution in [0, 0.1) is 0 Å². The zero-order chi connectivity index (χ0) is 15.6. The average molecular weight is 302 g/mol. The number of rotatable bonds is 4. The Bertz CT molecular complexity index is 578. The van der Waals surface area contributed by atoms with Gasteiger partial charge in [-0.25, -0.2) is 0 Å². The van der Waals surface area contributed by atoms with Crippen LogP contribution in [0.25, 0.3) is 0 Å². The summed E-state index contributed by atoms with van der Waals surface area (Å²) in [6.45, 7) is 8.28. The first kappa shape index (κ1) is 15.8. The van der Waals surface area contributed by atoms with Crippen LogP contribution in [-0.2, 0) is 0 Å². The fourth-order valence-corrected chi connectivity index (χ4v) is 3.17. The van der Waals surface area contributed by atoms with Gasteiger partial charge in [-0.1, -0.05) is 39.5 Å². The fraction of sp³-hybridized carbons (Fsp3) is 0.333. The van der Waals surface area contributed by atoms with Crippen molar-refractivity contribution in [2.45, 2.75) is 49.3 Å². The molecule has 0 saturated carbocycles. The van der Waals surface area contributed by atoms with Crippen molar-refractivity contribution >= 4 is 11.8 Å². The predicted octanol–water partition coefficient (Wildman–Crippen LogP) is 5.50. The summed E-state index contributed by atoms with van der Waals surface area (Å²) >= 11 is 1.65. The van der Waals surface area contributed by atoms with Gasteiger partial charge in [-0.05, 0) is 59.4 Å². The van der Waals surface area contributed by atoms with E-state index in [-0.39, 0.29) is 11.8 Å². The van der Waals surface area contributed by atoms with Gasteiger partial charge in [0.1, 0.15) is 11.5 Å². The molecule has 0 aliphatic carbocycles. The van der Waals surface area contributed by atoms with Gasteiger partial charge in [-0.2, -0.15) is 0 Å². The summed E-state index contributed by atoms with van der Waals surface area (Å²) in [5.74, 6) is 1.28. The summed E-state index contributed by atoms with van der Waals surface area (Å²) < 4.78 is 0. The zero-order valence-corrected chi connectivity index (χ0v) is 13.7. The minimum absolute atomic E-state index is 0.289. The van der Waals surface area contributed by atoms with Crippen molar-refractivity contribution in [3.63, 3.8) is 0 Å². The molecule has 2 aromatic carbocycles. The third kappa shape index (κ3) is 3.73. The van der Waals surface area contributed by atoms with Gasteiger partial charge in [0.05, 0.1) is 0 Å². The van der Waals surface area contributed by atoms with E-state index in [2.05, 4.69) is 27.7 Å². The molecule has 0 heterocycles. The van der Waals surface area contributed by atoms with Crippen LogP contribution < -0.4 is 0 Å². The summed E-state index contributed by atoms with van der Waals surface area (Å²) in [6.07, 6.45) is 0. The maximum atomic E-state index is 9.88. The SMILES string of the molecule is CC(C)c1cc(Sc2ccc(O)c(C(C)C)c2)ccc1O. The van der Waals surface area contributed by atoms with Crippen LogP contribution in [0.2, 0.25) is 0 Å². The van der Waals surface area contributed by atoms with E-state index < -0.39 is 0 Å². The topological polar surface area (TPSA) is 40.5 Å². The molecule has 2 aromatic rings. The van der Waals surface area contributed by atoms with Crippen molar-refractivity contribution in [2.75, 3.05) is 0 Å². The lowest BCUT2D eigenvalue weighted by atomic mass is 10.0. The zero-order valence-electron chi connectivity index (χ0n) is 12.9. The van der Waals surface area contributed by atoms with Gasteiger partial charge < -0.3 is 10.2 Å². The Labute approximate surface area is 130 Å². The van der Waals surface area contributed by atoms with Crippen molar-refractivity contribution in [1.29, 1.82) is 0 Å². The van der Waals surface area contributed by atoms with E-state index in [1.54, 1.807) is 23.9 Å². The van der Waals surface area contributed by atoms with Gasteiger partial charge in [-0.3, -0.25) is 0 Å². The monoisotopic (exact) mass is 302 g/mol. The Balaban J connectivity index is 2.30. The van der Waals surface area contributed by atoms with Crippen LogP contribution in [0.5, 0.6) is 11.5 Å². The molecule has 0 aliphatic rings. The highest BCUT2D eigenvalue weighted by molar-refractivity contribution is 7.99. The molecule has 0 aromatic heterocycles. The molecule has 112 valence electrons. The maximum Gasteiger partial charge on any atom is 0.119 e. The van der Waals surface area contributed by atoms with Gasteiger partial charge in [0.25, 0.3) is 0 Å². The number of hydrogen-bond acceptors (Lipinski definition) is 3. The standard InChI is InChI=1S/C18H22O2S/c1-11(2)15-9-13(5-7-17(15)19)21-14-6-8-18(20)16(10-14)12(3)4/h5-12,19-20H,1-4H3. The van der Waals surface area contributed by atoms with E-state index in [4.69, 9.17) is 0 Å². The first-order valence-electron chi connectivity index (χ1n) is 7.22. The largest absolute Gasteiger partial charge is 0.508 e. The van der Waals surface area contributed by atoms with Crippen LogP contribution in [0.1, 0.15) is 50.7 Å². The van der Waals surface area contributed by atoms with E-state index in [9.17, 15) is 10.2 Å². The van der Waals surface area contributed by atoms with Gasteiger partial charge in [-0.15, -0.1) is 0 Å². The van der Waals surface area contributed by atoms with Crippen LogP contribution in [-0.4, -0.2) is 10.2 Å². The average Bonchev–Trinajstić information content (AvgIpc) is 2.42. The maximum absolute atomic E-state index is 9.88. The van der Waals surface area contributed by atoms with E-state index in [1.807, 2.05) is 24.3 Å². The lowest BCUT2D eigenvalue weighted by Crippen LogP contribution is -1.90. The van der Waals surface area contributed by atoms with Gasteiger partial charge >= 0.3 is 0 Å². The van der Waals surface area contributed by atoms with Crippen molar-refractivity contribution in [3.8, 4) is 11.5 Å². The first-order chi connectivity index (χ1) is 9.88. The molecule has 0 spiro atoms. The number of benzene rings is 2. The Morgan fingerprint density at radius 1 is 0.714 bits per heavy atom. The van der Waals surface area contributed by atoms with E-state index in [1.165, 1.54) is 0 Å². The Morgan fingerprint density at radius 2 is 1.10 bits per heavy atom. The minimum atomic E-state index is 0.289. The molecule has 3 heteroatoms. The Morgan fingerprint density at radius 3 is 1.43 bits per heavy atom. The summed E-state index contributed by atoms with van der Waals surface area (Å²) in [6, 6.07) is 11.4. The molecular formula is C18H22O2S. The Kier molecular flexibility index (Phi) is 4.84. The van der Waals surface area contributed by atoms with Crippen molar-refractivity contribution in [2.24, 2.45) is 0 Å². The molecule has 0 unspecified atom stereocenters. The summed E-state index contributed by atoms with van der Waals surface area (Å²) in [5.41, 5.74) is 1.92. The fourth-order valence-electron chi connectivity index (χ4n) is 2.25. The van der Waals surface area contributed by atoms with Crippen LogP contribution in [0.3, 0.4) is 0 Å². The van der Waals surface area contributed by atoms with E-state index in [0.29, 0.717) is 11.5 Å². The highest BCUT2D eigenvalue weighted by Crippen LogP contribution is 2.36. The normalized spacial score (nSPS) is 11.3. The number of aromatic hydroxyl groups is 2. The smallest absolute Gasteiger partial charge is 0.119 e. The second kappa shape index (κ2) is 6.44. The summed E-state index contributed by atoms with van der Waals surface area (Å²) in [7, 11) is 0. The number of phenols is 2. The van der Waals surface area contributed by atoms with E-state index >= 15 is 0 Å². The number of phenolic OH excluding ortho intramolecular Hbond substituents is 2. The molecule has 2 nitrogen and oxygen atoms in total. The van der Waals surface area contributed by atoms with Crippen molar-refractivity contribution in [3.05, 3.63) is 47.5 Å². The molecule has 2 rings (SSSR count). The van der Waals surface area contributed by atoms with Crippen LogP contribution in [0.15, 0.2) is 46.2 Å². The van der Waals surface area contributed by atoms with Crippen molar-refractivity contribution in [1.82, 2.24) is 0 Å². The molecule has 0 saturated heterocycles. The molecule has 21 heavy (non-hydrogen) atoms. The van der Waals surface area contributed by atoms with Crippen LogP contribution in [0.4, 0.5) is 0 Å². The molecule has 0 aliphatic heterocycles. The molecule has 0 fully saturated rings. The van der Waals surface area contributed by atoms with Gasteiger partial charge in [0.15, 0.2) is 0 Å². The highest BCUT2D eigenvalue weighted by atomic mass is 32.2. The lowest BCUT2D eigenvalue weighted by Gasteiger charge is -2.12. The van der Waals surface area contributed by atoms with E-state index in [0.717, 1.165) is 20.9 Å². The van der Waals surface area contributed by atoms with Gasteiger partial charge in [0.2, 0.25) is 0 Å². The number of hydrogen-bond donors (Lipinski definition) is 2. The molecule has 0 atom stereocenters. The first-order valence-corrected chi connectivity index (χ1v) is 8.03. The molecule has 0 amide bonds. The highest BCUT2D eigenvalue weighted by Gasteiger charge is 2.10. The minimum Gasteiger partial charge on any atom is -0.508 e. The summed E-state index contributed by atoms with van der Waals surface area (Å²) in [5, 5.41) is 19.8. The summed E-state index contributed by atoms with van der Waals surface area (Å²) in [4.78, 5) is 2.19. The second-order valence-electron chi connectivity index (χ2n) is 5.85. The molecule has 0 bridgehead atoms. The predicted molar refractivity (Wildman–Crippen MR) is 88.5 cm³/mol. The third-order valence-electron chi connectivity index (χ3n) is 3.48. The third-order valence-corrected chi connectivity index (χ3v) is 4.46. The molecule has 2 N–H and O–H groups in total. The molecule has 0 radical (unpaired) electrons. The second-order valence-corrected chi connectivity index (χ2v) is 7.00. The quantitative estimate of drug-likeness (QED) is 0.784.